The number of amides is 2. The van der Waals surface area contributed by atoms with Crippen molar-refractivity contribution in [3.63, 3.8) is 0 Å². The average Bonchev–Trinajstić information content (AvgIpc) is 3.14. The van der Waals surface area contributed by atoms with Crippen molar-refractivity contribution >= 4 is 35.0 Å². The molecule has 0 unspecified atom stereocenters. The number of anilines is 2. The number of rotatable bonds is 1. The summed E-state index contributed by atoms with van der Waals surface area (Å²) in [5.74, 6) is -0.572. The minimum Gasteiger partial charge on any atom is -0.309 e. The highest BCUT2D eigenvalue weighted by Gasteiger charge is 2.61. The van der Waals surface area contributed by atoms with Gasteiger partial charge in [-0.3, -0.25) is 14.5 Å². The second-order valence-electron chi connectivity index (χ2n) is 7.08. The fourth-order valence-electron chi connectivity index (χ4n) is 4.40. The molecule has 28 heavy (non-hydrogen) atoms. The molecule has 3 heterocycles. The van der Waals surface area contributed by atoms with E-state index in [1.54, 1.807) is 4.90 Å². The molecule has 0 N–H and O–H groups in total. The van der Waals surface area contributed by atoms with Gasteiger partial charge in [-0.15, -0.1) is 11.8 Å². The van der Waals surface area contributed by atoms with Gasteiger partial charge >= 0.3 is 6.18 Å². The summed E-state index contributed by atoms with van der Waals surface area (Å²) >= 11 is 1.19. The number of halogens is 3. The molecule has 0 saturated carbocycles. The molecule has 3 aliphatic rings. The molecule has 1 fully saturated rings. The molecule has 0 aromatic heterocycles. The van der Waals surface area contributed by atoms with Crippen molar-refractivity contribution < 1.29 is 22.8 Å². The van der Waals surface area contributed by atoms with Gasteiger partial charge in [0.05, 0.1) is 17.0 Å². The van der Waals surface area contributed by atoms with Gasteiger partial charge in [0.15, 0.2) is 0 Å². The predicted octanol–water partition coefficient (Wildman–Crippen LogP) is 3.93. The van der Waals surface area contributed by atoms with Crippen LogP contribution in [0.15, 0.2) is 42.5 Å². The fourth-order valence-corrected chi connectivity index (χ4v) is 5.75. The van der Waals surface area contributed by atoms with Crippen molar-refractivity contribution in [3.05, 3.63) is 59.2 Å². The minimum absolute atomic E-state index is 0.0412. The normalized spacial score (nSPS) is 23.7. The highest BCUT2D eigenvalue weighted by atomic mass is 32.2. The van der Waals surface area contributed by atoms with Gasteiger partial charge in [0.1, 0.15) is 0 Å². The second kappa shape index (κ2) is 5.76. The molecule has 8 heteroatoms. The summed E-state index contributed by atoms with van der Waals surface area (Å²) in [6, 6.07) is 10.3. The number of hydrogen-bond donors (Lipinski definition) is 0. The lowest BCUT2D eigenvalue weighted by molar-refractivity contribution is -0.137. The summed E-state index contributed by atoms with van der Waals surface area (Å²) in [5, 5.41) is 0. The Morgan fingerprint density at radius 1 is 1.07 bits per heavy atom. The van der Waals surface area contributed by atoms with E-state index in [-0.39, 0.29) is 23.3 Å². The molecule has 3 aliphatic heterocycles. The third kappa shape index (κ3) is 2.21. The Morgan fingerprint density at radius 3 is 2.64 bits per heavy atom. The Bertz CT molecular complexity index is 1020. The predicted molar refractivity (Wildman–Crippen MR) is 100 cm³/mol. The van der Waals surface area contributed by atoms with E-state index in [1.807, 2.05) is 18.2 Å². The fraction of sp³-hybridized carbons (Fsp3) is 0.300. The molecule has 2 aromatic carbocycles. The second-order valence-corrected chi connectivity index (χ2v) is 8.25. The summed E-state index contributed by atoms with van der Waals surface area (Å²) in [4.78, 5) is 27.9. The summed E-state index contributed by atoms with van der Waals surface area (Å²) in [7, 11) is 0. The van der Waals surface area contributed by atoms with E-state index in [0.717, 1.165) is 36.2 Å². The van der Waals surface area contributed by atoms with Gasteiger partial charge < -0.3 is 4.90 Å². The van der Waals surface area contributed by atoms with Gasteiger partial charge in [-0.2, -0.15) is 13.2 Å². The van der Waals surface area contributed by atoms with Crippen LogP contribution in [0.5, 0.6) is 0 Å². The van der Waals surface area contributed by atoms with E-state index < -0.39 is 16.6 Å². The molecule has 144 valence electrons. The number of benzene rings is 2. The van der Waals surface area contributed by atoms with Crippen molar-refractivity contribution in [1.82, 2.24) is 0 Å². The minimum atomic E-state index is -4.53. The van der Waals surface area contributed by atoms with Crippen LogP contribution < -0.4 is 9.80 Å². The van der Waals surface area contributed by atoms with Gasteiger partial charge in [-0.05, 0) is 36.6 Å². The number of para-hydroxylation sites is 1. The van der Waals surface area contributed by atoms with E-state index in [2.05, 4.69) is 0 Å². The maximum Gasteiger partial charge on any atom is 0.416 e. The van der Waals surface area contributed by atoms with Crippen molar-refractivity contribution in [2.45, 2.75) is 23.9 Å². The van der Waals surface area contributed by atoms with Crippen LogP contribution >= 0.6 is 11.8 Å². The molecule has 2 amide bonds. The molecular formula is C20H15F3N2O2S. The Morgan fingerprint density at radius 2 is 1.86 bits per heavy atom. The number of hydrogen-bond acceptors (Lipinski definition) is 3. The molecule has 1 spiro atoms. The lowest BCUT2D eigenvalue weighted by Crippen LogP contribution is -2.50. The number of alkyl halides is 3. The van der Waals surface area contributed by atoms with Crippen LogP contribution in [-0.2, 0) is 27.1 Å². The van der Waals surface area contributed by atoms with E-state index in [1.165, 1.54) is 28.8 Å². The molecular weight excluding hydrogens is 389 g/mol. The number of thioether (sulfide) groups is 1. The molecule has 0 aliphatic carbocycles. The number of nitrogens with zero attached hydrogens (tertiary/aromatic N) is 2. The quantitative estimate of drug-likeness (QED) is 0.723. The van der Waals surface area contributed by atoms with Crippen LogP contribution in [0.1, 0.15) is 23.1 Å². The summed E-state index contributed by atoms with van der Waals surface area (Å²) in [5.41, 5.74) is 1.81. The van der Waals surface area contributed by atoms with E-state index in [9.17, 15) is 22.8 Å². The van der Waals surface area contributed by atoms with Crippen LogP contribution in [0.2, 0.25) is 0 Å². The van der Waals surface area contributed by atoms with Crippen molar-refractivity contribution in [3.8, 4) is 0 Å². The number of fused-ring (bicyclic) bond motifs is 1. The SMILES string of the molecule is O=C1CS[C@]2(C(=O)N3CCCc4cccc2c43)N1c1cccc(C(F)(F)F)c1. The molecule has 1 saturated heterocycles. The Kier molecular flexibility index (Phi) is 3.62. The maximum absolute atomic E-state index is 13.5. The van der Waals surface area contributed by atoms with E-state index >= 15 is 0 Å². The van der Waals surface area contributed by atoms with Gasteiger partial charge in [0, 0.05) is 17.8 Å². The van der Waals surface area contributed by atoms with Crippen LogP contribution in [0.25, 0.3) is 0 Å². The first-order valence-corrected chi connectivity index (χ1v) is 9.91. The molecule has 0 radical (unpaired) electrons. The Balaban J connectivity index is 1.72. The van der Waals surface area contributed by atoms with Gasteiger partial charge in [-0.25, -0.2) is 0 Å². The highest BCUT2D eigenvalue weighted by Crippen LogP contribution is 2.57. The summed E-state index contributed by atoms with van der Waals surface area (Å²) in [6.07, 6.45) is -2.87. The molecule has 4 nitrogen and oxygen atoms in total. The van der Waals surface area contributed by atoms with Gasteiger partial charge in [-0.1, -0.05) is 24.3 Å². The standard InChI is InChI=1S/C20H15F3N2O2S/c21-20(22,23)13-6-2-7-14(10-13)25-16(26)11-28-19(25)15-8-1-4-12-5-3-9-24(17(12)15)18(19)27/h1-2,4,6-8,10H,3,5,9,11H2/t19-/m1/s1. The largest absolute Gasteiger partial charge is 0.416 e. The number of carbonyl (C=O) groups is 2. The zero-order valence-electron chi connectivity index (χ0n) is 14.6. The Labute approximate surface area is 163 Å². The third-order valence-electron chi connectivity index (χ3n) is 5.52. The lowest BCUT2D eigenvalue weighted by Gasteiger charge is -2.33. The van der Waals surface area contributed by atoms with Crippen molar-refractivity contribution in [1.29, 1.82) is 0 Å². The molecule has 2 aromatic rings. The first-order valence-electron chi connectivity index (χ1n) is 8.92. The van der Waals surface area contributed by atoms with Crippen LogP contribution in [0.3, 0.4) is 0 Å². The van der Waals surface area contributed by atoms with Gasteiger partial charge in [0.25, 0.3) is 5.91 Å². The topological polar surface area (TPSA) is 40.6 Å². The molecule has 5 rings (SSSR count). The summed E-state index contributed by atoms with van der Waals surface area (Å²) < 4.78 is 39.7. The van der Waals surface area contributed by atoms with Crippen LogP contribution in [0.4, 0.5) is 24.5 Å². The van der Waals surface area contributed by atoms with Crippen molar-refractivity contribution in [2.24, 2.45) is 0 Å². The maximum atomic E-state index is 13.5. The lowest BCUT2D eigenvalue weighted by atomic mass is 9.98. The monoisotopic (exact) mass is 404 g/mol. The third-order valence-corrected chi connectivity index (χ3v) is 6.90. The number of aryl methyl sites for hydroxylation is 1. The van der Waals surface area contributed by atoms with Crippen molar-refractivity contribution in [2.75, 3.05) is 22.1 Å². The Hall–Kier alpha value is -2.48. The highest BCUT2D eigenvalue weighted by molar-refractivity contribution is 8.02. The van der Waals surface area contributed by atoms with E-state index in [0.29, 0.717) is 12.1 Å². The average molecular weight is 404 g/mol. The van der Waals surface area contributed by atoms with Crippen LogP contribution in [0, 0.1) is 0 Å². The first kappa shape index (κ1) is 17.6. The smallest absolute Gasteiger partial charge is 0.309 e. The first-order chi connectivity index (χ1) is 13.3. The van der Waals surface area contributed by atoms with Gasteiger partial charge in [0.2, 0.25) is 10.8 Å². The zero-order valence-corrected chi connectivity index (χ0v) is 15.4. The summed E-state index contributed by atoms with van der Waals surface area (Å²) in [6.45, 7) is 0.551. The van der Waals surface area contributed by atoms with E-state index in [4.69, 9.17) is 0 Å². The molecule has 0 bridgehead atoms. The number of carbonyl (C=O) groups excluding carboxylic acids is 2. The molecule has 1 atom stereocenters. The zero-order chi connectivity index (χ0) is 19.7. The van der Waals surface area contributed by atoms with Crippen LogP contribution in [-0.4, -0.2) is 24.1 Å².